The molecule has 0 saturated carbocycles. The van der Waals surface area contributed by atoms with E-state index in [1.165, 1.54) is 11.1 Å². The molecule has 1 N–H and O–H groups in total. The zero-order chi connectivity index (χ0) is 22.3. The van der Waals surface area contributed by atoms with Crippen LogP contribution in [0.5, 0.6) is 0 Å². The van der Waals surface area contributed by atoms with E-state index >= 15 is 0 Å². The Morgan fingerprint density at radius 3 is 2.22 bits per heavy atom. The van der Waals surface area contributed by atoms with Crippen molar-refractivity contribution in [1.29, 1.82) is 0 Å². The number of rotatable bonds is 8. The summed E-state index contributed by atoms with van der Waals surface area (Å²) in [4.78, 5) is 21.8. The number of nitrogens with zero attached hydrogens (tertiary/aromatic N) is 3. The zero-order valence-electron chi connectivity index (χ0n) is 18.9. The molecule has 0 aliphatic carbocycles. The Hall–Kier alpha value is -3.18. The lowest BCUT2D eigenvalue weighted by atomic mass is 9.88. The number of nitrogens with one attached hydrogen (secondary N) is 1. The van der Waals surface area contributed by atoms with E-state index in [0.29, 0.717) is 18.2 Å². The van der Waals surface area contributed by atoms with Gasteiger partial charge in [-0.05, 0) is 50.2 Å². The minimum Gasteiger partial charge on any atom is -0.355 e. The van der Waals surface area contributed by atoms with E-state index in [1.54, 1.807) is 6.20 Å². The monoisotopic (exact) mass is 428 g/mol. The molecule has 2 heterocycles. The fourth-order valence-electron chi connectivity index (χ4n) is 4.41. The number of carbonyl (C=O) groups excluding carboxylic acids is 1. The molecule has 1 fully saturated rings. The number of hydrogen-bond donors (Lipinski definition) is 1. The molecule has 166 valence electrons. The Bertz CT molecular complexity index is 950. The summed E-state index contributed by atoms with van der Waals surface area (Å²) >= 11 is 0. The summed E-state index contributed by atoms with van der Waals surface area (Å²) in [5, 5.41) is 3.08. The van der Waals surface area contributed by atoms with Crippen LogP contribution in [0.2, 0.25) is 0 Å². The van der Waals surface area contributed by atoms with Crippen LogP contribution < -0.4 is 10.2 Å². The van der Waals surface area contributed by atoms with Crippen LogP contribution in [0.3, 0.4) is 0 Å². The van der Waals surface area contributed by atoms with Gasteiger partial charge in [-0.3, -0.25) is 4.79 Å². The third kappa shape index (κ3) is 5.35. The maximum Gasteiger partial charge on any atom is 0.252 e. The quantitative estimate of drug-likeness (QED) is 0.585. The first-order valence-electron chi connectivity index (χ1n) is 11.4. The number of carbonyl (C=O) groups is 1. The van der Waals surface area contributed by atoms with Crippen molar-refractivity contribution in [2.75, 3.05) is 38.6 Å². The maximum absolute atomic E-state index is 12.7. The van der Waals surface area contributed by atoms with Crippen molar-refractivity contribution in [2.45, 2.75) is 24.8 Å². The molecular weight excluding hydrogens is 396 g/mol. The fourth-order valence-corrected chi connectivity index (χ4v) is 4.41. The molecule has 0 spiro atoms. The number of pyridine rings is 1. The van der Waals surface area contributed by atoms with Crippen LogP contribution in [0.15, 0.2) is 79.0 Å². The zero-order valence-corrected chi connectivity index (χ0v) is 18.9. The summed E-state index contributed by atoms with van der Waals surface area (Å²) in [6.45, 7) is 2.58. The molecule has 1 saturated heterocycles. The van der Waals surface area contributed by atoms with Crippen molar-refractivity contribution in [3.05, 3.63) is 95.7 Å². The van der Waals surface area contributed by atoms with Gasteiger partial charge in [0.25, 0.3) is 5.91 Å². The predicted molar refractivity (Wildman–Crippen MR) is 130 cm³/mol. The number of aromatic nitrogens is 1. The molecule has 1 atom stereocenters. The molecule has 1 amide bonds. The van der Waals surface area contributed by atoms with E-state index in [4.69, 9.17) is 0 Å². The topological polar surface area (TPSA) is 48.5 Å². The first-order chi connectivity index (χ1) is 15.6. The lowest BCUT2D eigenvalue weighted by Gasteiger charge is -2.21. The van der Waals surface area contributed by atoms with Gasteiger partial charge in [-0.15, -0.1) is 0 Å². The Labute approximate surface area is 191 Å². The highest BCUT2D eigenvalue weighted by molar-refractivity contribution is 5.94. The van der Waals surface area contributed by atoms with Crippen molar-refractivity contribution in [2.24, 2.45) is 0 Å². The highest BCUT2D eigenvalue weighted by atomic mass is 16.1. The molecular formula is C27H32N4O. The molecule has 1 aromatic heterocycles. The normalized spacial score (nSPS) is 16.0. The summed E-state index contributed by atoms with van der Waals surface area (Å²) < 4.78 is 0. The molecule has 32 heavy (non-hydrogen) atoms. The van der Waals surface area contributed by atoms with E-state index in [2.05, 4.69) is 82.7 Å². The van der Waals surface area contributed by atoms with Crippen molar-refractivity contribution in [3.63, 3.8) is 0 Å². The summed E-state index contributed by atoms with van der Waals surface area (Å²) in [5.41, 5.74) is 3.13. The molecule has 1 aliphatic heterocycles. The third-order valence-corrected chi connectivity index (χ3v) is 6.35. The second kappa shape index (κ2) is 10.4. The number of hydrogen-bond acceptors (Lipinski definition) is 4. The van der Waals surface area contributed by atoms with Crippen molar-refractivity contribution in [1.82, 2.24) is 15.2 Å². The number of amides is 1. The van der Waals surface area contributed by atoms with E-state index in [-0.39, 0.29) is 11.8 Å². The van der Waals surface area contributed by atoms with E-state index in [9.17, 15) is 4.79 Å². The van der Waals surface area contributed by atoms with Crippen LogP contribution in [0.25, 0.3) is 0 Å². The first-order valence-corrected chi connectivity index (χ1v) is 11.4. The first kappa shape index (κ1) is 22.0. The van der Waals surface area contributed by atoms with Gasteiger partial charge in [0.15, 0.2) is 0 Å². The van der Waals surface area contributed by atoms with Crippen LogP contribution in [-0.2, 0) is 0 Å². The average Bonchev–Trinajstić information content (AvgIpc) is 3.34. The van der Waals surface area contributed by atoms with Crippen LogP contribution in [0.4, 0.5) is 5.82 Å². The fraction of sp³-hybridized carbons (Fsp3) is 0.333. The van der Waals surface area contributed by atoms with Crippen LogP contribution >= 0.6 is 0 Å². The summed E-state index contributed by atoms with van der Waals surface area (Å²) in [5.74, 6) is 1.12. The molecule has 4 rings (SSSR count). The summed E-state index contributed by atoms with van der Waals surface area (Å²) in [6.07, 6.45) is 3.67. The van der Waals surface area contributed by atoms with Crippen LogP contribution in [-0.4, -0.2) is 55.6 Å². The van der Waals surface area contributed by atoms with Gasteiger partial charge in [0.1, 0.15) is 5.82 Å². The largest absolute Gasteiger partial charge is 0.355 e. The second-order valence-electron chi connectivity index (χ2n) is 8.68. The van der Waals surface area contributed by atoms with Gasteiger partial charge in [0, 0.05) is 37.8 Å². The minimum absolute atomic E-state index is 0.0727. The van der Waals surface area contributed by atoms with Gasteiger partial charge < -0.3 is 15.1 Å². The summed E-state index contributed by atoms with van der Waals surface area (Å²) in [6, 6.07) is 25.4. The molecule has 5 heteroatoms. The number of likely N-dealkylation sites (N-methyl/N-ethyl adjacent to an activating group) is 1. The van der Waals surface area contributed by atoms with Crippen LogP contribution in [0, 0.1) is 0 Å². The van der Waals surface area contributed by atoms with Crippen molar-refractivity contribution < 1.29 is 4.79 Å². The Morgan fingerprint density at radius 2 is 1.69 bits per heavy atom. The smallest absolute Gasteiger partial charge is 0.252 e. The summed E-state index contributed by atoms with van der Waals surface area (Å²) in [7, 11) is 4.24. The van der Waals surface area contributed by atoms with E-state index in [1.807, 2.05) is 24.3 Å². The highest BCUT2D eigenvalue weighted by Gasteiger charge is 2.25. The van der Waals surface area contributed by atoms with Gasteiger partial charge in [-0.1, -0.05) is 60.7 Å². The predicted octanol–water partition coefficient (Wildman–Crippen LogP) is 4.17. The molecule has 5 nitrogen and oxygen atoms in total. The SMILES string of the molecule is CN(C)[C@H]1CCN(c2ccc(C(=O)NCCC(c3ccccc3)c3ccccc3)cn2)C1. The molecule has 0 radical (unpaired) electrons. The van der Waals surface area contributed by atoms with Gasteiger partial charge in [-0.25, -0.2) is 4.98 Å². The number of benzene rings is 2. The minimum atomic E-state index is -0.0727. The van der Waals surface area contributed by atoms with Gasteiger partial charge in [-0.2, -0.15) is 0 Å². The standard InChI is InChI=1S/C27H32N4O/c1-30(2)24-16-18-31(20-24)26-14-13-23(19-29-26)27(32)28-17-15-25(21-9-5-3-6-10-21)22-11-7-4-8-12-22/h3-14,19,24-25H,15-18,20H2,1-2H3,(H,28,32)/t24-/m0/s1. The highest BCUT2D eigenvalue weighted by Crippen LogP contribution is 2.27. The molecule has 3 aromatic rings. The third-order valence-electron chi connectivity index (χ3n) is 6.35. The Kier molecular flexibility index (Phi) is 7.17. The molecule has 2 aromatic carbocycles. The lowest BCUT2D eigenvalue weighted by Crippen LogP contribution is -2.31. The second-order valence-corrected chi connectivity index (χ2v) is 8.68. The maximum atomic E-state index is 12.7. The molecule has 0 unspecified atom stereocenters. The number of anilines is 1. The average molecular weight is 429 g/mol. The molecule has 0 bridgehead atoms. The molecule has 1 aliphatic rings. The van der Waals surface area contributed by atoms with E-state index in [0.717, 1.165) is 31.7 Å². The van der Waals surface area contributed by atoms with Crippen LogP contribution in [0.1, 0.15) is 40.2 Å². The van der Waals surface area contributed by atoms with Gasteiger partial charge in [0.2, 0.25) is 0 Å². The van der Waals surface area contributed by atoms with Crippen molar-refractivity contribution >= 4 is 11.7 Å². The van der Waals surface area contributed by atoms with Gasteiger partial charge in [0.05, 0.1) is 5.56 Å². The Morgan fingerprint density at radius 1 is 1.03 bits per heavy atom. The lowest BCUT2D eigenvalue weighted by molar-refractivity contribution is 0.0952. The van der Waals surface area contributed by atoms with Crippen molar-refractivity contribution in [3.8, 4) is 0 Å². The van der Waals surface area contributed by atoms with E-state index < -0.39 is 0 Å². The van der Waals surface area contributed by atoms with Gasteiger partial charge >= 0.3 is 0 Å². The Balaban J connectivity index is 1.35.